The van der Waals surface area contributed by atoms with Gasteiger partial charge in [0.25, 0.3) is 5.91 Å². The normalized spacial score (nSPS) is 13.0. The highest BCUT2D eigenvalue weighted by Gasteiger charge is 2.20. The van der Waals surface area contributed by atoms with E-state index < -0.39 is 0 Å². The fourth-order valence-electron chi connectivity index (χ4n) is 2.39. The van der Waals surface area contributed by atoms with Gasteiger partial charge in [-0.2, -0.15) is 0 Å². The molecular weight excluding hydrogens is 248 g/mol. The van der Waals surface area contributed by atoms with Crippen LogP contribution in [0.4, 0.5) is 5.69 Å². The lowest BCUT2D eigenvalue weighted by atomic mass is 9.97. The summed E-state index contributed by atoms with van der Waals surface area (Å²) in [4.78, 5) is 14.3. The highest BCUT2D eigenvalue weighted by atomic mass is 35.5. The maximum absolute atomic E-state index is 12.4. The van der Waals surface area contributed by atoms with E-state index in [1.165, 1.54) is 5.56 Å². The first kappa shape index (κ1) is 14.8. The molecule has 0 fully saturated rings. The second kappa shape index (κ2) is 6.64. The average molecular weight is 269 g/mol. The van der Waals surface area contributed by atoms with E-state index in [1.54, 1.807) is 0 Å². The van der Waals surface area contributed by atoms with Crippen LogP contribution < -0.4 is 5.32 Å². The van der Waals surface area contributed by atoms with Crippen LogP contribution in [0.5, 0.6) is 0 Å². The predicted molar refractivity (Wildman–Crippen MR) is 77.8 cm³/mol. The van der Waals surface area contributed by atoms with Crippen molar-refractivity contribution in [2.75, 3.05) is 25.0 Å². The standard InChI is InChI=1S/C14H20N2O.ClH/c1-3-16(4-2)14(17)12-7-5-9-13-11(12)8-6-10-15-13;/h5,7,9,15H,3-4,6,8,10H2,1-2H3;1H. The number of halogens is 1. The van der Waals surface area contributed by atoms with E-state index >= 15 is 0 Å². The highest BCUT2D eigenvalue weighted by Crippen LogP contribution is 2.26. The number of carbonyl (C=O) groups is 1. The molecule has 0 spiro atoms. The Morgan fingerprint density at radius 2 is 2.06 bits per heavy atom. The van der Waals surface area contributed by atoms with Gasteiger partial charge in [-0.1, -0.05) is 6.07 Å². The number of benzene rings is 1. The molecule has 0 radical (unpaired) electrons. The van der Waals surface area contributed by atoms with Crippen LogP contribution >= 0.6 is 12.4 Å². The van der Waals surface area contributed by atoms with Gasteiger partial charge in [-0.15, -0.1) is 12.4 Å². The summed E-state index contributed by atoms with van der Waals surface area (Å²) < 4.78 is 0. The molecule has 0 saturated heterocycles. The van der Waals surface area contributed by atoms with Crippen molar-refractivity contribution in [2.24, 2.45) is 0 Å². The predicted octanol–water partition coefficient (Wildman–Crippen LogP) is 2.95. The lowest BCUT2D eigenvalue weighted by molar-refractivity contribution is 0.0772. The first-order chi connectivity index (χ1) is 8.27. The number of hydrogen-bond donors (Lipinski definition) is 1. The number of carbonyl (C=O) groups excluding carboxylic acids is 1. The molecule has 1 aliphatic heterocycles. The zero-order chi connectivity index (χ0) is 12.3. The molecule has 0 aliphatic carbocycles. The second-order valence-corrected chi connectivity index (χ2v) is 4.34. The van der Waals surface area contributed by atoms with Crippen LogP contribution in [0.25, 0.3) is 0 Å². The Labute approximate surface area is 115 Å². The number of nitrogens with zero attached hydrogens (tertiary/aromatic N) is 1. The van der Waals surface area contributed by atoms with Crippen LogP contribution in [-0.4, -0.2) is 30.4 Å². The number of hydrogen-bond acceptors (Lipinski definition) is 2. The minimum Gasteiger partial charge on any atom is -0.385 e. The largest absolute Gasteiger partial charge is 0.385 e. The van der Waals surface area contributed by atoms with Gasteiger partial charge in [-0.3, -0.25) is 4.79 Å². The zero-order valence-corrected chi connectivity index (χ0v) is 11.8. The van der Waals surface area contributed by atoms with Crippen molar-refractivity contribution in [1.82, 2.24) is 4.90 Å². The molecule has 1 heterocycles. The Morgan fingerprint density at radius 1 is 1.33 bits per heavy atom. The van der Waals surface area contributed by atoms with Gasteiger partial charge < -0.3 is 10.2 Å². The summed E-state index contributed by atoms with van der Waals surface area (Å²) in [6.07, 6.45) is 2.11. The molecule has 1 aliphatic rings. The monoisotopic (exact) mass is 268 g/mol. The summed E-state index contributed by atoms with van der Waals surface area (Å²) in [6, 6.07) is 5.98. The topological polar surface area (TPSA) is 32.3 Å². The average Bonchev–Trinajstić information content (AvgIpc) is 2.39. The van der Waals surface area contributed by atoms with Gasteiger partial charge in [0.15, 0.2) is 0 Å². The number of nitrogens with one attached hydrogen (secondary N) is 1. The van der Waals surface area contributed by atoms with Crippen molar-refractivity contribution in [2.45, 2.75) is 26.7 Å². The maximum atomic E-state index is 12.4. The molecule has 100 valence electrons. The summed E-state index contributed by atoms with van der Waals surface area (Å²) >= 11 is 0. The van der Waals surface area contributed by atoms with E-state index in [4.69, 9.17) is 0 Å². The number of fused-ring (bicyclic) bond motifs is 1. The number of amides is 1. The smallest absolute Gasteiger partial charge is 0.254 e. The Kier molecular flexibility index (Phi) is 5.48. The molecule has 1 aromatic rings. The first-order valence-corrected chi connectivity index (χ1v) is 6.43. The van der Waals surface area contributed by atoms with Gasteiger partial charge in [0, 0.05) is 30.9 Å². The molecule has 1 aromatic carbocycles. The summed E-state index contributed by atoms with van der Waals surface area (Å²) in [5.41, 5.74) is 3.20. The summed E-state index contributed by atoms with van der Waals surface area (Å²) in [6.45, 7) is 6.60. The minimum atomic E-state index is 0. The van der Waals surface area contributed by atoms with Crippen molar-refractivity contribution in [3.8, 4) is 0 Å². The van der Waals surface area contributed by atoms with E-state index in [-0.39, 0.29) is 18.3 Å². The van der Waals surface area contributed by atoms with Crippen LogP contribution in [-0.2, 0) is 6.42 Å². The maximum Gasteiger partial charge on any atom is 0.254 e. The van der Waals surface area contributed by atoms with Crippen LogP contribution in [0.1, 0.15) is 36.2 Å². The summed E-state index contributed by atoms with van der Waals surface area (Å²) in [5.74, 6) is 0.163. The summed E-state index contributed by atoms with van der Waals surface area (Å²) in [5, 5.41) is 3.36. The van der Waals surface area contributed by atoms with Crippen LogP contribution in [0, 0.1) is 0 Å². The van der Waals surface area contributed by atoms with Gasteiger partial charge in [0.05, 0.1) is 0 Å². The highest BCUT2D eigenvalue weighted by molar-refractivity contribution is 5.97. The van der Waals surface area contributed by atoms with Crippen molar-refractivity contribution < 1.29 is 4.79 Å². The molecule has 4 heteroatoms. The van der Waals surface area contributed by atoms with Crippen LogP contribution in [0.15, 0.2) is 18.2 Å². The Hall–Kier alpha value is -1.22. The lowest BCUT2D eigenvalue weighted by Crippen LogP contribution is -2.31. The van der Waals surface area contributed by atoms with Gasteiger partial charge in [0.1, 0.15) is 0 Å². The third-order valence-corrected chi connectivity index (χ3v) is 3.38. The van der Waals surface area contributed by atoms with Gasteiger partial charge in [0.2, 0.25) is 0 Å². The van der Waals surface area contributed by atoms with E-state index in [9.17, 15) is 4.79 Å². The lowest BCUT2D eigenvalue weighted by Gasteiger charge is -2.24. The Balaban J connectivity index is 0.00000162. The Morgan fingerprint density at radius 3 is 2.72 bits per heavy atom. The van der Waals surface area contributed by atoms with E-state index in [2.05, 4.69) is 11.4 Å². The molecule has 0 unspecified atom stereocenters. The number of rotatable bonds is 3. The van der Waals surface area contributed by atoms with E-state index in [0.717, 1.165) is 43.7 Å². The molecule has 0 bridgehead atoms. The molecule has 2 rings (SSSR count). The van der Waals surface area contributed by atoms with Crippen molar-refractivity contribution >= 4 is 24.0 Å². The third-order valence-electron chi connectivity index (χ3n) is 3.38. The van der Waals surface area contributed by atoms with Gasteiger partial charge in [-0.25, -0.2) is 0 Å². The molecule has 1 amide bonds. The molecular formula is C14H21ClN2O. The van der Waals surface area contributed by atoms with E-state index in [0.29, 0.717) is 0 Å². The number of anilines is 1. The van der Waals surface area contributed by atoms with Crippen LogP contribution in [0.3, 0.4) is 0 Å². The SMILES string of the molecule is CCN(CC)C(=O)c1cccc2c1CCCN2.Cl. The molecule has 3 nitrogen and oxygen atoms in total. The van der Waals surface area contributed by atoms with Crippen molar-refractivity contribution in [3.63, 3.8) is 0 Å². The van der Waals surface area contributed by atoms with Gasteiger partial charge >= 0.3 is 0 Å². The van der Waals surface area contributed by atoms with Gasteiger partial charge in [-0.05, 0) is 44.4 Å². The second-order valence-electron chi connectivity index (χ2n) is 4.34. The molecule has 0 saturated carbocycles. The first-order valence-electron chi connectivity index (χ1n) is 6.43. The van der Waals surface area contributed by atoms with Crippen LogP contribution in [0.2, 0.25) is 0 Å². The molecule has 18 heavy (non-hydrogen) atoms. The molecule has 0 aromatic heterocycles. The quantitative estimate of drug-likeness (QED) is 0.914. The Bertz CT molecular complexity index is 416. The fraction of sp³-hybridized carbons (Fsp3) is 0.500. The zero-order valence-electron chi connectivity index (χ0n) is 11.0. The third kappa shape index (κ3) is 2.78. The fourth-order valence-corrected chi connectivity index (χ4v) is 2.39. The van der Waals surface area contributed by atoms with Crippen molar-refractivity contribution in [3.05, 3.63) is 29.3 Å². The molecule has 1 N–H and O–H groups in total. The summed E-state index contributed by atoms with van der Waals surface area (Å²) in [7, 11) is 0. The van der Waals surface area contributed by atoms with Crippen molar-refractivity contribution in [1.29, 1.82) is 0 Å². The minimum absolute atomic E-state index is 0. The molecule has 0 atom stereocenters. The van der Waals surface area contributed by atoms with E-state index in [1.807, 2.05) is 30.9 Å².